The van der Waals surface area contributed by atoms with Crippen molar-refractivity contribution in [2.24, 2.45) is 5.73 Å². The first kappa shape index (κ1) is 22.6. The predicted octanol–water partition coefficient (Wildman–Crippen LogP) is 4.32. The second-order valence-corrected chi connectivity index (χ2v) is 7.56. The van der Waals surface area contributed by atoms with Gasteiger partial charge in [-0.3, -0.25) is 9.59 Å². The molecule has 0 saturated heterocycles. The van der Waals surface area contributed by atoms with Crippen LogP contribution in [0, 0.1) is 5.82 Å². The van der Waals surface area contributed by atoms with E-state index in [1.165, 1.54) is 43.3 Å². The summed E-state index contributed by atoms with van der Waals surface area (Å²) >= 11 is 0. The topological polar surface area (TPSA) is 111 Å². The molecule has 8 heteroatoms. The minimum Gasteiger partial charge on any atom is -0.449 e. The molecule has 1 unspecified atom stereocenters. The minimum atomic E-state index is -1.11. The Kier molecular flexibility index (Phi) is 6.31. The number of halogens is 1. The Morgan fingerprint density at radius 2 is 1.65 bits per heavy atom. The maximum atomic E-state index is 13.3. The maximum Gasteiger partial charge on any atom is 0.339 e. The van der Waals surface area contributed by atoms with Crippen molar-refractivity contribution in [2.75, 3.05) is 5.32 Å². The molecule has 170 valence electrons. The summed E-state index contributed by atoms with van der Waals surface area (Å²) in [4.78, 5) is 41.3. The van der Waals surface area contributed by atoms with Crippen LogP contribution in [-0.4, -0.2) is 28.9 Å². The lowest BCUT2D eigenvalue weighted by atomic mass is 10.0. The van der Waals surface area contributed by atoms with Crippen molar-refractivity contribution in [3.63, 3.8) is 0 Å². The average Bonchev–Trinajstić information content (AvgIpc) is 2.84. The van der Waals surface area contributed by atoms with Gasteiger partial charge in [0, 0.05) is 22.2 Å². The lowest BCUT2D eigenvalue weighted by Gasteiger charge is -2.15. The third-order valence-electron chi connectivity index (χ3n) is 5.17. The number of hydrogen-bond donors (Lipinski definition) is 2. The van der Waals surface area contributed by atoms with E-state index in [0.29, 0.717) is 33.4 Å². The van der Waals surface area contributed by atoms with Gasteiger partial charge in [-0.25, -0.2) is 14.2 Å². The molecule has 1 atom stereocenters. The van der Waals surface area contributed by atoms with Crippen LogP contribution < -0.4 is 11.1 Å². The molecule has 7 nitrogen and oxygen atoms in total. The van der Waals surface area contributed by atoms with Gasteiger partial charge in [0.1, 0.15) is 5.82 Å². The van der Waals surface area contributed by atoms with E-state index in [2.05, 4.69) is 10.3 Å². The minimum absolute atomic E-state index is 0.232. The molecule has 0 saturated carbocycles. The lowest BCUT2D eigenvalue weighted by Crippen LogP contribution is -2.30. The number of aromatic nitrogens is 1. The predicted molar refractivity (Wildman–Crippen MR) is 126 cm³/mol. The van der Waals surface area contributed by atoms with Gasteiger partial charge in [0.25, 0.3) is 5.91 Å². The highest BCUT2D eigenvalue weighted by molar-refractivity contribution is 6.06. The van der Waals surface area contributed by atoms with Crippen LogP contribution in [0.1, 0.15) is 27.6 Å². The summed E-state index contributed by atoms with van der Waals surface area (Å²) in [6.45, 7) is 1.45. The fourth-order valence-corrected chi connectivity index (χ4v) is 3.35. The molecular weight excluding hydrogens is 437 g/mol. The van der Waals surface area contributed by atoms with Crippen LogP contribution in [0.4, 0.5) is 10.1 Å². The highest BCUT2D eigenvalue weighted by Gasteiger charge is 2.22. The zero-order valence-corrected chi connectivity index (χ0v) is 18.1. The number of anilines is 1. The first-order chi connectivity index (χ1) is 16.3. The number of fused-ring (bicyclic) bond motifs is 1. The molecular formula is C26H20FN3O4. The van der Waals surface area contributed by atoms with Crippen molar-refractivity contribution in [3.05, 3.63) is 95.8 Å². The number of para-hydroxylation sites is 1. The second kappa shape index (κ2) is 9.50. The Bertz CT molecular complexity index is 1390. The standard InChI is InChI=1S/C26H20FN3O4/c1-15(25(32)29-19-12-8-17(9-13-19)24(28)31)34-26(33)21-14-23(16-6-10-18(27)11-7-16)30-22-5-3-2-4-20(21)22/h2-15H,1H3,(H2,28,31)(H,29,32). The Morgan fingerprint density at radius 1 is 0.971 bits per heavy atom. The van der Waals surface area contributed by atoms with Gasteiger partial charge >= 0.3 is 5.97 Å². The summed E-state index contributed by atoms with van der Waals surface area (Å²) in [7, 11) is 0. The first-order valence-corrected chi connectivity index (χ1v) is 10.4. The van der Waals surface area contributed by atoms with E-state index in [-0.39, 0.29) is 11.4 Å². The number of amides is 2. The number of rotatable bonds is 6. The Labute approximate surface area is 194 Å². The van der Waals surface area contributed by atoms with Crippen LogP contribution in [0.15, 0.2) is 78.9 Å². The highest BCUT2D eigenvalue weighted by Crippen LogP contribution is 2.26. The second-order valence-electron chi connectivity index (χ2n) is 7.56. The number of pyridine rings is 1. The van der Waals surface area contributed by atoms with Gasteiger partial charge in [-0.1, -0.05) is 18.2 Å². The van der Waals surface area contributed by atoms with Crippen molar-refractivity contribution < 1.29 is 23.5 Å². The number of nitrogens with zero attached hydrogens (tertiary/aromatic N) is 1. The van der Waals surface area contributed by atoms with E-state index in [0.717, 1.165) is 0 Å². The Hall–Kier alpha value is -4.59. The largest absolute Gasteiger partial charge is 0.449 e. The van der Waals surface area contributed by atoms with Gasteiger partial charge < -0.3 is 15.8 Å². The summed E-state index contributed by atoms with van der Waals surface area (Å²) in [6.07, 6.45) is -1.11. The van der Waals surface area contributed by atoms with Crippen LogP contribution in [-0.2, 0) is 9.53 Å². The molecule has 0 fully saturated rings. The molecule has 0 aliphatic rings. The van der Waals surface area contributed by atoms with Gasteiger partial charge in [-0.05, 0) is 67.6 Å². The summed E-state index contributed by atoms with van der Waals surface area (Å²) in [6, 6.07) is 20.4. The molecule has 0 spiro atoms. The third kappa shape index (κ3) is 4.91. The number of ether oxygens (including phenoxy) is 1. The molecule has 4 rings (SSSR count). The lowest BCUT2D eigenvalue weighted by molar-refractivity contribution is -0.123. The van der Waals surface area contributed by atoms with E-state index < -0.39 is 23.9 Å². The van der Waals surface area contributed by atoms with Crippen molar-refractivity contribution in [1.29, 1.82) is 0 Å². The number of primary amides is 1. The monoisotopic (exact) mass is 457 g/mol. The number of nitrogens with one attached hydrogen (secondary N) is 1. The average molecular weight is 457 g/mol. The number of hydrogen-bond acceptors (Lipinski definition) is 5. The van der Waals surface area contributed by atoms with Gasteiger partial charge in [-0.2, -0.15) is 0 Å². The van der Waals surface area contributed by atoms with Crippen LogP contribution in [0.25, 0.3) is 22.2 Å². The van der Waals surface area contributed by atoms with Crippen LogP contribution >= 0.6 is 0 Å². The van der Waals surface area contributed by atoms with Crippen molar-refractivity contribution in [2.45, 2.75) is 13.0 Å². The molecule has 0 aliphatic carbocycles. The molecule has 4 aromatic rings. The summed E-state index contributed by atoms with van der Waals surface area (Å²) in [5.74, 6) is -2.20. The van der Waals surface area contributed by atoms with Gasteiger partial charge in [-0.15, -0.1) is 0 Å². The number of carbonyl (C=O) groups is 3. The quantitative estimate of drug-likeness (QED) is 0.419. The van der Waals surface area contributed by atoms with E-state index in [4.69, 9.17) is 10.5 Å². The zero-order chi connectivity index (χ0) is 24.2. The summed E-state index contributed by atoms with van der Waals surface area (Å²) < 4.78 is 18.8. The fraction of sp³-hybridized carbons (Fsp3) is 0.0769. The Balaban J connectivity index is 1.56. The van der Waals surface area contributed by atoms with Gasteiger partial charge in [0.2, 0.25) is 5.91 Å². The van der Waals surface area contributed by atoms with Crippen molar-refractivity contribution >= 4 is 34.4 Å². The number of esters is 1. The number of carbonyl (C=O) groups excluding carboxylic acids is 3. The molecule has 3 N–H and O–H groups in total. The summed E-state index contributed by atoms with van der Waals surface area (Å²) in [5, 5.41) is 3.19. The van der Waals surface area contributed by atoms with E-state index in [9.17, 15) is 18.8 Å². The highest BCUT2D eigenvalue weighted by atomic mass is 19.1. The van der Waals surface area contributed by atoms with Crippen molar-refractivity contribution in [1.82, 2.24) is 4.98 Å². The van der Waals surface area contributed by atoms with Gasteiger partial charge in [0.05, 0.1) is 16.8 Å². The SMILES string of the molecule is CC(OC(=O)c1cc(-c2ccc(F)cc2)nc2ccccc12)C(=O)Nc1ccc(C(N)=O)cc1. The number of benzene rings is 3. The molecule has 34 heavy (non-hydrogen) atoms. The molecule has 0 aliphatic heterocycles. The first-order valence-electron chi connectivity index (χ1n) is 10.4. The zero-order valence-electron chi connectivity index (χ0n) is 18.1. The molecule has 1 heterocycles. The molecule has 1 aromatic heterocycles. The van der Waals surface area contributed by atoms with E-state index >= 15 is 0 Å². The van der Waals surface area contributed by atoms with E-state index in [1.807, 2.05) is 0 Å². The normalized spacial score (nSPS) is 11.6. The fourth-order valence-electron chi connectivity index (χ4n) is 3.35. The maximum absolute atomic E-state index is 13.3. The molecule has 3 aromatic carbocycles. The molecule has 2 amide bonds. The molecule has 0 radical (unpaired) electrons. The smallest absolute Gasteiger partial charge is 0.339 e. The van der Waals surface area contributed by atoms with E-state index in [1.54, 1.807) is 42.5 Å². The van der Waals surface area contributed by atoms with Gasteiger partial charge in [0.15, 0.2) is 6.10 Å². The van der Waals surface area contributed by atoms with Crippen molar-refractivity contribution in [3.8, 4) is 11.3 Å². The Morgan fingerprint density at radius 3 is 2.32 bits per heavy atom. The van der Waals surface area contributed by atoms with Crippen LogP contribution in [0.3, 0.4) is 0 Å². The van der Waals surface area contributed by atoms with Crippen LogP contribution in [0.2, 0.25) is 0 Å². The number of nitrogens with two attached hydrogens (primary N) is 1. The summed E-state index contributed by atoms with van der Waals surface area (Å²) in [5.41, 5.74) is 7.83. The van der Waals surface area contributed by atoms with Crippen LogP contribution in [0.5, 0.6) is 0 Å². The molecule has 0 bridgehead atoms. The third-order valence-corrected chi connectivity index (χ3v) is 5.17.